The first kappa shape index (κ1) is 23.3. The molecular formula is C23H28N2O7. The molecule has 0 spiro atoms. The Kier molecular flexibility index (Phi) is 7.50. The first-order chi connectivity index (χ1) is 15.2. The number of nitrogens with one attached hydrogen (secondary N) is 2. The zero-order valence-electron chi connectivity index (χ0n) is 18.2. The standard InChI is InChI=1S/C23H28N2O7/c1-13(2)9-18(22(29)24-11-21(27)28)25-20(26)12-31-14-7-8-16-15-5-3-4-6-17(15)23(30)32-19(16)10-14/h7-8,10,13,18H,3-6,9,11-12H2,1-2H3,(H,24,29)(H,25,26)(H,27,28)/t18-/m1/s1. The number of carbonyl (C=O) groups excluding carboxylic acids is 2. The molecule has 1 aliphatic carbocycles. The molecule has 0 fully saturated rings. The molecule has 3 N–H and O–H groups in total. The van der Waals surface area contributed by atoms with Crippen LogP contribution in [0.2, 0.25) is 0 Å². The lowest BCUT2D eigenvalue weighted by Crippen LogP contribution is -2.49. The Balaban J connectivity index is 1.65. The second-order valence-corrected chi connectivity index (χ2v) is 8.36. The van der Waals surface area contributed by atoms with Crippen molar-refractivity contribution in [3.63, 3.8) is 0 Å². The predicted molar refractivity (Wildman–Crippen MR) is 117 cm³/mol. The summed E-state index contributed by atoms with van der Waals surface area (Å²) in [6.45, 7) is 2.91. The molecule has 0 unspecified atom stereocenters. The van der Waals surface area contributed by atoms with Gasteiger partial charge in [0.05, 0.1) is 0 Å². The van der Waals surface area contributed by atoms with E-state index in [1.54, 1.807) is 12.1 Å². The van der Waals surface area contributed by atoms with Crippen LogP contribution in [0.4, 0.5) is 0 Å². The van der Waals surface area contributed by atoms with Crippen LogP contribution < -0.4 is 21.0 Å². The summed E-state index contributed by atoms with van der Waals surface area (Å²) in [6, 6.07) is 4.27. The molecule has 0 radical (unpaired) electrons. The number of ether oxygens (including phenoxy) is 1. The van der Waals surface area contributed by atoms with Crippen LogP contribution in [0.5, 0.6) is 5.75 Å². The normalized spacial score (nSPS) is 14.0. The Morgan fingerprint density at radius 2 is 1.88 bits per heavy atom. The van der Waals surface area contributed by atoms with E-state index in [1.807, 2.05) is 19.9 Å². The van der Waals surface area contributed by atoms with Crippen LogP contribution in [0.3, 0.4) is 0 Å². The third-order valence-electron chi connectivity index (χ3n) is 5.34. The third-order valence-corrected chi connectivity index (χ3v) is 5.34. The van der Waals surface area contributed by atoms with Crippen LogP contribution in [0, 0.1) is 5.92 Å². The molecule has 2 aromatic rings. The summed E-state index contributed by atoms with van der Waals surface area (Å²) in [6.07, 6.45) is 3.92. The van der Waals surface area contributed by atoms with Crippen LogP contribution in [0.1, 0.15) is 44.2 Å². The molecule has 0 aliphatic heterocycles. The van der Waals surface area contributed by atoms with Crippen molar-refractivity contribution in [1.82, 2.24) is 10.6 Å². The van der Waals surface area contributed by atoms with E-state index in [0.29, 0.717) is 17.8 Å². The maximum Gasteiger partial charge on any atom is 0.339 e. The second-order valence-electron chi connectivity index (χ2n) is 8.36. The maximum atomic E-state index is 12.4. The van der Waals surface area contributed by atoms with Crippen molar-refractivity contribution in [1.29, 1.82) is 0 Å². The fraction of sp³-hybridized carbons (Fsp3) is 0.478. The fourth-order valence-corrected chi connectivity index (χ4v) is 3.89. The van der Waals surface area contributed by atoms with Gasteiger partial charge in [-0.25, -0.2) is 4.79 Å². The van der Waals surface area contributed by atoms with E-state index in [0.717, 1.165) is 42.2 Å². The van der Waals surface area contributed by atoms with Crippen LogP contribution in [-0.4, -0.2) is 42.1 Å². The Hall–Kier alpha value is -3.36. The number of carbonyl (C=O) groups is 3. The first-order valence-electron chi connectivity index (χ1n) is 10.7. The van der Waals surface area contributed by atoms with Gasteiger partial charge in [0, 0.05) is 17.0 Å². The van der Waals surface area contributed by atoms with Crippen LogP contribution in [0.15, 0.2) is 27.4 Å². The molecule has 2 amide bonds. The Morgan fingerprint density at radius 1 is 1.16 bits per heavy atom. The lowest BCUT2D eigenvalue weighted by molar-refractivity contribution is -0.138. The fourth-order valence-electron chi connectivity index (χ4n) is 3.89. The van der Waals surface area contributed by atoms with Crippen molar-refractivity contribution in [3.8, 4) is 5.75 Å². The highest BCUT2D eigenvalue weighted by atomic mass is 16.5. The summed E-state index contributed by atoms with van der Waals surface area (Å²) in [7, 11) is 0. The van der Waals surface area contributed by atoms with E-state index in [-0.39, 0.29) is 18.2 Å². The van der Waals surface area contributed by atoms with Crippen LogP contribution in [-0.2, 0) is 27.2 Å². The molecule has 3 rings (SSSR count). The Morgan fingerprint density at radius 3 is 2.56 bits per heavy atom. The summed E-state index contributed by atoms with van der Waals surface area (Å²) in [4.78, 5) is 47.5. The van der Waals surface area contributed by atoms with Gasteiger partial charge < -0.3 is 24.9 Å². The molecule has 9 nitrogen and oxygen atoms in total. The number of amides is 2. The smallest absolute Gasteiger partial charge is 0.339 e. The number of aliphatic carboxylic acids is 1. The third kappa shape index (κ3) is 5.87. The van der Waals surface area contributed by atoms with E-state index >= 15 is 0 Å². The van der Waals surface area contributed by atoms with E-state index in [2.05, 4.69) is 10.6 Å². The highest BCUT2D eigenvalue weighted by molar-refractivity contribution is 5.90. The zero-order chi connectivity index (χ0) is 23.3. The second kappa shape index (κ2) is 10.3. The molecule has 1 atom stereocenters. The number of aryl methyl sites for hydroxylation is 1. The summed E-state index contributed by atoms with van der Waals surface area (Å²) in [5.41, 5.74) is 1.86. The van der Waals surface area contributed by atoms with E-state index in [4.69, 9.17) is 14.3 Å². The number of rotatable bonds is 9. The summed E-state index contributed by atoms with van der Waals surface area (Å²) < 4.78 is 11.0. The number of fused-ring (bicyclic) bond motifs is 3. The Labute approximate surface area is 185 Å². The molecule has 32 heavy (non-hydrogen) atoms. The summed E-state index contributed by atoms with van der Waals surface area (Å²) in [5, 5.41) is 14.5. The highest BCUT2D eigenvalue weighted by Gasteiger charge is 2.23. The van der Waals surface area contributed by atoms with Gasteiger partial charge in [-0.2, -0.15) is 0 Å². The van der Waals surface area contributed by atoms with Gasteiger partial charge in [0.2, 0.25) is 5.91 Å². The van der Waals surface area contributed by atoms with E-state index in [9.17, 15) is 19.2 Å². The largest absolute Gasteiger partial charge is 0.484 e. The average Bonchev–Trinajstić information content (AvgIpc) is 2.75. The SMILES string of the molecule is CC(C)C[C@@H](NC(=O)COc1ccc2c3c(c(=O)oc2c1)CCCC3)C(=O)NCC(=O)O. The molecule has 0 saturated carbocycles. The lowest BCUT2D eigenvalue weighted by atomic mass is 9.91. The number of hydrogen-bond acceptors (Lipinski definition) is 6. The quantitative estimate of drug-likeness (QED) is 0.502. The number of carboxylic acid groups (broad SMARTS) is 1. The van der Waals surface area contributed by atoms with Crippen molar-refractivity contribution >= 4 is 28.8 Å². The van der Waals surface area contributed by atoms with Gasteiger partial charge in [-0.15, -0.1) is 0 Å². The van der Waals surface area contributed by atoms with E-state index in [1.165, 1.54) is 0 Å². The number of benzene rings is 1. The molecule has 1 aliphatic rings. The van der Waals surface area contributed by atoms with Gasteiger partial charge in [0.15, 0.2) is 6.61 Å². The Bertz CT molecular complexity index is 1070. The topological polar surface area (TPSA) is 135 Å². The first-order valence-corrected chi connectivity index (χ1v) is 10.7. The minimum absolute atomic E-state index is 0.103. The van der Waals surface area contributed by atoms with Gasteiger partial charge in [-0.3, -0.25) is 14.4 Å². The van der Waals surface area contributed by atoms with Crippen molar-refractivity contribution in [3.05, 3.63) is 39.7 Å². The maximum absolute atomic E-state index is 12.4. The van der Waals surface area contributed by atoms with Crippen LogP contribution >= 0.6 is 0 Å². The highest BCUT2D eigenvalue weighted by Crippen LogP contribution is 2.29. The van der Waals surface area contributed by atoms with Gasteiger partial charge in [-0.05, 0) is 55.7 Å². The van der Waals surface area contributed by atoms with Crippen LogP contribution in [0.25, 0.3) is 11.0 Å². The van der Waals surface area contributed by atoms with Crippen molar-refractivity contribution in [2.75, 3.05) is 13.2 Å². The lowest BCUT2D eigenvalue weighted by Gasteiger charge is -2.20. The molecule has 0 saturated heterocycles. The number of hydrogen-bond donors (Lipinski definition) is 3. The molecule has 0 bridgehead atoms. The van der Waals surface area contributed by atoms with Gasteiger partial charge >= 0.3 is 11.6 Å². The number of carboxylic acids is 1. The van der Waals surface area contributed by atoms with Crippen molar-refractivity contribution in [2.24, 2.45) is 5.92 Å². The van der Waals surface area contributed by atoms with Gasteiger partial charge in [-0.1, -0.05) is 13.8 Å². The van der Waals surface area contributed by atoms with E-state index < -0.39 is 30.4 Å². The van der Waals surface area contributed by atoms with Crippen molar-refractivity contribution in [2.45, 2.75) is 52.0 Å². The minimum Gasteiger partial charge on any atom is -0.484 e. The molecule has 1 aromatic heterocycles. The van der Waals surface area contributed by atoms with Gasteiger partial charge in [0.1, 0.15) is 23.9 Å². The molecule has 1 aromatic carbocycles. The molecular weight excluding hydrogens is 416 g/mol. The average molecular weight is 444 g/mol. The molecule has 1 heterocycles. The van der Waals surface area contributed by atoms with Gasteiger partial charge in [0.25, 0.3) is 5.91 Å². The minimum atomic E-state index is -1.17. The van der Waals surface area contributed by atoms with Crippen molar-refractivity contribution < 1.29 is 28.6 Å². The molecule has 172 valence electrons. The predicted octanol–water partition coefficient (Wildman–Crippen LogP) is 1.78. The zero-order valence-corrected chi connectivity index (χ0v) is 18.2. The summed E-state index contributed by atoms with van der Waals surface area (Å²) >= 11 is 0. The molecule has 9 heteroatoms. The summed E-state index contributed by atoms with van der Waals surface area (Å²) in [5.74, 6) is -1.78. The monoisotopic (exact) mass is 444 g/mol.